The molecule has 2 aromatic rings. The highest BCUT2D eigenvalue weighted by molar-refractivity contribution is 6.60. The number of hydrogen-bond acceptors (Lipinski definition) is 3. The first-order valence-corrected chi connectivity index (χ1v) is 4.63. The first-order valence-electron chi connectivity index (χ1n) is 4.63. The van der Waals surface area contributed by atoms with Crippen LogP contribution in [0.5, 0.6) is 0 Å². The van der Waals surface area contributed by atoms with Gasteiger partial charge in [-0.05, 0) is 5.56 Å². The Balaban J connectivity index is 2.57. The van der Waals surface area contributed by atoms with Crippen molar-refractivity contribution in [2.24, 2.45) is 7.05 Å². The Morgan fingerprint density at radius 2 is 1.87 bits per heavy atom. The zero-order valence-corrected chi connectivity index (χ0v) is 8.33. The average Bonchev–Trinajstić information content (AvgIpc) is 2.61. The van der Waals surface area contributed by atoms with E-state index in [1.807, 2.05) is 30.3 Å². The standard InChI is InChI=1S/C10H11BN2O2/c1-13-10(8-5-3-2-4-6-8)9(7-12-13)11(14)15/h2-7,14-15H,1H3. The van der Waals surface area contributed by atoms with Gasteiger partial charge in [0.25, 0.3) is 0 Å². The summed E-state index contributed by atoms with van der Waals surface area (Å²) in [7, 11) is 0.280. The van der Waals surface area contributed by atoms with Crippen LogP contribution in [0.4, 0.5) is 0 Å². The van der Waals surface area contributed by atoms with Gasteiger partial charge in [0.05, 0.1) is 5.69 Å². The van der Waals surface area contributed by atoms with Gasteiger partial charge in [-0.1, -0.05) is 30.3 Å². The molecule has 1 heterocycles. The summed E-state index contributed by atoms with van der Waals surface area (Å²) in [6, 6.07) is 9.52. The highest BCUT2D eigenvalue weighted by atomic mass is 16.4. The molecule has 15 heavy (non-hydrogen) atoms. The van der Waals surface area contributed by atoms with Crippen molar-refractivity contribution >= 4 is 12.6 Å². The van der Waals surface area contributed by atoms with Gasteiger partial charge in [-0.25, -0.2) is 0 Å². The summed E-state index contributed by atoms with van der Waals surface area (Å²) in [6.45, 7) is 0. The van der Waals surface area contributed by atoms with E-state index >= 15 is 0 Å². The molecule has 1 aromatic heterocycles. The molecule has 2 N–H and O–H groups in total. The zero-order valence-electron chi connectivity index (χ0n) is 8.33. The third kappa shape index (κ3) is 1.79. The largest absolute Gasteiger partial charge is 0.492 e. The molecule has 4 nitrogen and oxygen atoms in total. The van der Waals surface area contributed by atoms with Gasteiger partial charge in [0.2, 0.25) is 0 Å². The topological polar surface area (TPSA) is 58.3 Å². The fourth-order valence-corrected chi connectivity index (χ4v) is 1.59. The molecule has 2 rings (SSSR count). The Labute approximate surface area is 87.9 Å². The maximum absolute atomic E-state index is 9.18. The van der Waals surface area contributed by atoms with E-state index in [-0.39, 0.29) is 0 Å². The summed E-state index contributed by atoms with van der Waals surface area (Å²) in [4.78, 5) is 0. The van der Waals surface area contributed by atoms with E-state index in [0.717, 1.165) is 11.3 Å². The molecule has 0 spiro atoms. The van der Waals surface area contributed by atoms with Gasteiger partial charge in [0.15, 0.2) is 0 Å². The van der Waals surface area contributed by atoms with Crippen LogP contribution >= 0.6 is 0 Å². The smallest absolute Gasteiger partial charge is 0.423 e. The first-order chi connectivity index (χ1) is 7.20. The second-order valence-corrected chi connectivity index (χ2v) is 3.31. The van der Waals surface area contributed by atoms with Crippen LogP contribution in [0.2, 0.25) is 0 Å². The molecule has 0 saturated heterocycles. The van der Waals surface area contributed by atoms with Crippen molar-refractivity contribution < 1.29 is 10.0 Å². The quantitative estimate of drug-likeness (QED) is 0.661. The number of aromatic nitrogens is 2. The molecule has 0 fully saturated rings. The van der Waals surface area contributed by atoms with Crippen molar-refractivity contribution in [3.05, 3.63) is 36.5 Å². The molecule has 1 aromatic carbocycles. The average molecular weight is 202 g/mol. The van der Waals surface area contributed by atoms with Crippen molar-refractivity contribution in [2.45, 2.75) is 0 Å². The van der Waals surface area contributed by atoms with Crippen LogP contribution in [0.1, 0.15) is 0 Å². The van der Waals surface area contributed by atoms with Crippen LogP contribution in [0.15, 0.2) is 36.5 Å². The second kappa shape index (κ2) is 3.88. The van der Waals surface area contributed by atoms with Gasteiger partial charge < -0.3 is 10.0 Å². The number of hydrogen-bond donors (Lipinski definition) is 2. The van der Waals surface area contributed by atoms with Crippen LogP contribution in [-0.4, -0.2) is 26.9 Å². The van der Waals surface area contributed by atoms with Gasteiger partial charge in [-0.3, -0.25) is 4.68 Å². The third-order valence-corrected chi connectivity index (χ3v) is 2.29. The fourth-order valence-electron chi connectivity index (χ4n) is 1.59. The molecule has 0 aliphatic heterocycles. The molecule has 0 amide bonds. The number of benzene rings is 1. The van der Waals surface area contributed by atoms with E-state index in [0.29, 0.717) is 5.46 Å². The molecule has 0 atom stereocenters. The molecule has 0 saturated carbocycles. The lowest BCUT2D eigenvalue weighted by molar-refractivity contribution is 0.426. The van der Waals surface area contributed by atoms with Crippen molar-refractivity contribution in [3.8, 4) is 11.3 Å². The van der Waals surface area contributed by atoms with E-state index in [9.17, 15) is 10.0 Å². The first kappa shape index (κ1) is 9.95. The van der Waals surface area contributed by atoms with Gasteiger partial charge >= 0.3 is 7.12 Å². The van der Waals surface area contributed by atoms with Gasteiger partial charge in [0, 0.05) is 18.7 Å². The fraction of sp³-hybridized carbons (Fsp3) is 0.100. The lowest BCUT2D eigenvalue weighted by Crippen LogP contribution is -2.30. The molecule has 0 radical (unpaired) electrons. The molecule has 76 valence electrons. The number of aryl methyl sites for hydroxylation is 1. The van der Waals surface area contributed by atoms with Crippen molar-refractivity contribution in [3.63, 3.8) is 0 Å². The maximum Gasteiger partial charge on any atom is 0.492 e. The molecule has 0 bridgehead atoms. The predicted octanol–water partition coefficient (Wildman–Crippen LogP) is -0.233. The highest BCUT2D eigenvalue weighted by Gasteiger charge is 2.20. The Bertz CT molecular complexity index is 454. The van der Waals surface area contributed by atoms with E-state index in [1.54, 1.807) is 11.7 Å². The van der Waals surface area contributed by atoms with E-state index in [4.69, 9.17) is 0 Å². The van der Waals surface area contributed by atoms with Crippen LogP contribution < -0.4 is 5.46 Å². The number of rotatable bonds is 2. The minimum Gasteiger partial charge on any atom is -0.423 e. The molecular weight excluding hydrogens is 191 g/mol. The Morgan fingerprint density at radius 1 is 1.20 bits per heavy atom. The van der Waals surface area contributed by atoms with Crippen molar-refractivity contribution in [1.82, 2.24) is 9.78 Å². The Kier molecular flexibility index (Phi) is 2.57. The minimum atomic E-state index is -1.49. The Hall–Kier alpha value is -1.59. The third-order valence-electron chi connectivity index (χ3n) is 2.29. The lowest BCUT2D eigenvalue weighted by Gasteiger charge is -2.05. The van der Waals surface area contributed by atoms with Crippen LogP contribution in [0.25, 0.3) is 11.3 Å². The summed E-state index contributed by atoms with van der Waals surface area (Å²) >= 11 is 0. The van der Waals surface area contributed by atoms with Gasteiger partial charge in [-0.15, -0.1) is 0 Å². The van der Waals surface area contributed by atoms with Crippen LogP contribution in [0.3, 0.4) is 0 Å². The van der Waals surface area contributed by atoms with Crippen LogP contribution in [0, 0.1) is 0 Å². The maximum atomic E-state index is 9.18. The summed E-state index contributed by atoms with van der Waals surface area (Å²) in [5.41, 5.74) is 2.06. The monoisotopic (exact) mass is 202 g/mol. The lowest BCUT2D eigenvalue weighted by atomic mass is 9.79. The zero-order chi connectivity index (χ0) is 10.8. The Morgan fingerprint density at radius 3 is 2.47 bits per heavy atom. The summed E-state index contributed by atoms with van der Waals surface area (Å²) in [6.07, 6.45) is 1.47. The summed E-state index contributed by atoms with van der Waals surface area (Å²) < 4.78 is 1.63. The molecule has 5 heteroatoms. The molecular formula is C10H11BN2O2. The second-order valence-electron chi connectivity index (χ2n) is 3.31. The van der Waals surface area contributed by atoms with E-state index in [2.05, 4.69) is 5.10 Å². The normalized spacial score (nSPS) is 10.3. The van der Waals surface area contributed by atoms with E-state index < -0.39 is 7.12 Å². The highest BCUT2D eigenvalue weighted by Crippen LogP contribution is 2.15. The van der Waals surface area contributed by atoms with E-state index in [1.165, 1.54) is 6.20 Å². The summed E-state index contributed by atoms with van der Waals surface area (Å²) in [5.74, 6) is 0. The SMILES string of the molecule is Cn1ncc(B(O)O)c1-c1ccccc1. The molecule has 0 aliphatic rings. The van der Waals surface area contributed by atoms with Gasteiger partial charge in [-0.2, -0.15) is 5.10 Å². The molecule has 0 aliphatic carbocycles. The van der Waals surface area contributed by atoms with Crippen LogP contribution in [-0.2, 0) is 7.05 Å². The minimum absolute atomic E-state index is 0.420. The van der Waals surface area contributed by atoms with Crippen molar-refractivity contribution in [1.29, 1.82) is 0 Å². The predicted molar refractivity (Wildman–Crippen MR) is 58.5 cm³/mol. The number of nitrogens with zero attached hydrogens (tertiary/aromatic N) is 2. The summed E-state index contributed by atoms with van der Waals surface area (Å²) in [5, 5.41) is 22.4. The van der Waals surface area contributed by atoms with Gasteiger partial charge in [0.1, 0.15) is 0 Å². The molecule has 0 unspecified atom stereocenters. The van der Waals surface area contributed by atoms with Crippen molar-refractivity contribution in [2.75, 3.05) is 0 Å².